The molecule has 0 radical (unpaired) electrons. The minimum Gasteiger partial charge on any atom is -0.431 e. The van der Waals surface area contributed by atoms with Gasteiger partial charge in [0.2, 0.25) is 0 Å². The Hall–Kier alpha value is -2.46. The number of aryl methyl sites for hydroxylation is 1. The first kappa shape index (κ1) is 14.2. The van der Waals surface area contributed by atoms with Gasteiger partial charge < -0.3 is 9.73 Å². The molecule has 3 nitrogen and oxygen atoms in total. The van der Waals surface area contributed by atoms with Crippen molar-refractivity contribution in [2.45, 2.75) is 22.8 Å². The van der Waals surface area contributed by atoms with Crippen LogP contribution in [-0.2, 0) is 0 Å². The Labute approximate surface area is 138 Å². The molecule has 0 aliphatic carbocycles. The summed E-state index contributed by atoms with van der Waals surface area (Å²) in [4.78, 5) is 14.6. The second-order valence-corrected chi connectivity index (χ2v) is 6.59. The molecule has 0 spiro atoms. The molecule has 1 aromatic heterocycles. The van der Waals surface area contributed by atoms with E-state index in [4.69, 9.17) is 4.42 Å². The number of benzene rings is 2. The topological polar surface area (TPSA) is 42.2 Å². The van der Waals surface area contributed by atoms with Crippen molar-refractivity contribution in [3.63, 3.8) is 0 Å². The third kappa shape index (κ3) is 2.45. The molecule has 4 rings (SSSR count). The Kier molecular flexibility index (Phi) is 3.46. The maximum atomic E-state index is 12.5. The quantitative estimate of drug-likeness (QED) is 0.710. The van der Waals surface area contributed by atoms with E-state index in [2.05, 4.69) is 11.4 Å². The summed E-state index contributed by atoms with van der Waals surface area (Å²) in [7, 11) is 0. The Morgan fingerprint density at radius 2 is 1.78 bits per heavy atom. The number of nitrogens with one attached hydrogen (secondary N) is 1. The van der Waals surface area contributed by atoms with Gasteiger partial charge in [0.25, 0.3) is 0 Å². The van der Waals surface area contributed by atoms with Gasteiger partial charge in [-0.2, -0.15) is 0 Å². The van der Waals surface area contributed by atoms with E-state index in [1.54, 1.807) is 18.0 Å². The lowest BCUT2D eigenvalue weighted by atomic mass is 9.99. The van der Waals surface area contributed by atoms with Crippen molar-refractivity contribution < 1.29 is 4.42 Å². The van der Waals surface area contributed by atoms with Crippen LogP contribution in [0.5, 0.6) is 0 Å². The molecular weight excluding hydrogens is 306 g/mol. The van der Waals surface area contributed by atoms with E-state index in [0.29, 0.717) is 5.56 Å². The van der Waals surface area contributed by atoms with Crippen LogP contribution in [0.1, 0.15) is 22.7 Å². The summed E-state index contributed by atoms with van der Waals surface area (Å²) in [6.07, 6.45) is 1.55. The van der Waals surface area contributed by atoms with Crippen LogP contribution in [0, 0.1) is 6.92 Å². The Morgan fingerprint density at radius 3 is 2.61 bits per heavy atom. The second kappa shape index (κ2) is 5.63. The summed E-state index contributed by atoms with van der Waals surface area (Å²) in [6, 6.07) is 17.9. The lowest BCUT2D eigenvalue weighted by Gasteiger charge is -2.19. The van der Waals surface area contributed by atoms with Crippen LogP contribution in [0.2, 0.25) is 0 Å². The lowest BCUT2D eigenvalue weighted by molar-refractivity contribution is 0.488. The van der Waals surface area contributed by atoms with E-state index in [9.17, 15) is 4.79 Å². The van der Waals surface area contributed by atoms with Gasteiger partial charge in [-0.05, 0) is 30.2 Å². The minimum absolute atomic E-state index is 0.224. The summed E-state index contributed by atoms with van der Waals surface area (Å²) in [5.74, 6) is 0. The first-order chi connectivity index (χ1) is 11.2. The van der Waals surface area contributed by atoms with Crippen LogP contribution in [0.3, 0.4) is 0 Å². The SMILES string of the molecule is Cc1coc(=O)c2c1Sc1ccccc1NC2c1ccccc1. The molecule has 1 N–H and O–H groups in total. The van der Waals surface area contributed by atoms with Crippen molar-refractivity contribution in [2.75, 3.05) is 5.32 Å². The standard InChI is InChI=1S/C19H15NO2S/c1-12-11-22-19(21)16-17(13-7-3-2-4-8-13)20-14-9-5-6-10-15(14)23-18(12)16/h2-11,17,20H,1H3. The van der Waals surface area contributed by atoms with Crippen LogP contribution in [-0.4, -0.2) is 0 Å². The third-order valence-electron chi connectivity index (χ3n) is 3.99. The van der Waals surface area contributed by atoms with Crippen LogP contribution in [0.15, 0.2) is 79.9 Å². The maximum Gasteiger partial charge on any atom is 0.342 e. The van der Waals surface area contributed by atoms with Crippen molar-refractivity contribution in [3.05, 3.63) is 88.0 Å². The maximum absolute atomic E-state index is 12.5. The molecule has 114 valence electrons. The van der Waals surface area contributed by atoms with Gasteiger partial charge in [0, 0.05) is 15.5 Å². The first-order valence-corrected chi connectivity index (χ1v) is 8.26. The summed E-state index contributed by atoms with van der Waals surface area (Å²) >= 11 is 1.62. The molecule has 1 aliphatic heterocycles. The summed E-state index contributed by atoms with van der Waals surface area (Å²) in [5, 5.41) is 3.52. The van der Waals surface area contributed by atoms with E-state index in [-0.39, 0.29) is 11.7 Å². The van der Waals surface area contributed by atoms with E-state index in [0.717, 1.165) is 26.6 Å². The predicted molar refractivity (Wildman–Crippen MR) is 92.2 cm³/mol. The molecule has 0 amide bonds. The van der Waals surface area contributed by atoms with Crippen molar-refractivity contribution in [3.8, 4) is 0 Å². The molecule has 1 atom stereocenters. The molecule has 3 aromatic rings. The van der Waals surface area contributed by atoms with E-state index in [1.807, 2.05) is 55.5 Å². The monoisotopic (exact) mass is 321 g/mol. The average Bonchev–Trinajstić information content (AvgIpc) is 2.77. The van der Waals surface area contributed by atoms with Crippen molar-refractivity contribution in [2.24, 2.45) is 0 Å². The van der Waals surface area contributed by atoms with E-state index < -0.39 is 0 Å². The highest BCUT2D eigenvalue weighted by Gasteiger charge is 2.28. The molecule has 0 saturated carbocycles. The highest BCUT2D eigenvalue weighted by molar-refractivity contribution is 7.99. The Morgan fingerprint density at radius 1 is 1.04 bits per heavy atom. The highest BCUT2D eigenvalue weighted by Crippen LogP contribution is 2.44. The third-order valence-corrected chi connectivity index (χ3v) is 5.31. The van der Waals surface area contributed by atoms with Gasteiger partial charge in [0.05, 0.1) is 17.9 Å². The van der Waals surface area contributed by atoms with Crippen LogP contribution in [0.25, 0.3) is 0 Å². The fraction of sp³-hybridized carbons (Fsp3) is 0.105. The van der Waals surface area contributed by atoms with E-state index >= 15 is 0 Å². The number of anilines is 1. The summed E-state index contributed by atoms with van der Waals surface area (Å²) in [5.41, 5.74) is 3.44. The molecule has 23 heavy (non-hydrogen) atoms. The van der Waals surface area contributed by atoms with Gasteiger partial charge in [-0.1, -0.05) is 54.2 Å². The number of hydrogen-bond acceptors (Lipinski definition) is 4. The zero-order chi connectivity index (χ0) is 15.8. The number of rotatable bonds is 1. The molecular formula is C19H15NO2S. The highest BCUT2D eigenvalue weighted by atomic mass is 32.2. The predicted octanol–water partition coefficient (Wildman–Crippen LogP) is 4.61. The van der Waals surface area contributed by atoms with Gasteiger partial charge in [0.15, 0.2) is 0 Å². The van der Waals surface area contributed by atoms with Gasteiger partial charge in [0.1, 0.15) is 0 Å². The largest absolute Gasteiger partial charge is 0.431 e. The second-order valence-electron chi connectivity index (χ2n) is 5.54. The van der Waals surface area contributed by atoms with Crippen molar-refractivity contribution in [1.29, 1.82) is 0 Å². The van der Waals surface area contributed by atoms with E-state index in [1.165, 1.54) is 0 Å². The Balaban J connectivity index is 2.00. The number of fused-ring (bicyclic) bond motifs is 2. The first-order valence-electron chi connectivity index (χ1n) is 7.44. The smallest absolute Gasteiger partial charge is 0.342 e. The molecule has 0 fully saturated rings. The average molecular weight is 321 g/mol. The molecule has 2 heterocycles. The molecule has 1 unspecified atom stereocenters. The Bertz CT molecular complexity index is 918. The lowest BCUT2D eigenvalue weighted by Crippen LogP contribution is -2.20. The zero-order valence-corrected chi connectivity index (χ0v) is 13.4. The van der Waals surface area contributed by atoms with Gasteiger partial charge in [-0.25, -0.2) is 4.79 Å². The van der Waals surface area contributed by atoms with Gasteiger partial charge in [-0.3, -0.25) is 0 Å². The molecule has 0 saturated heterocycles. The van der Waals surface area contributed by atoms with Crippen LogP contribution < -0.4 is 10.9 Å². The summed E-state index contributed by atoms with van der Waals surface area (Å²) < 4.78 is 5.25. The van der Waals surface area contributed by atoms with Gasteiger partial charge in [-0.15, -0.1) is 0 Å². The molecule has 0 bridgehead atoms. The van der Waals surface area contributed by atoms with Crippen molar-refractivity contribution in [1.82, 2.24) is 0 Å². The van der Waals surface area contributed by atoms with Crippen LogP contribution >= 0.6 is 11.8 Å². The molecule has 1 aliphatic rings. The zero-order valence-electron chi connectivity index (χ0n) is 12.6. The number of hydrogen-bond donors (Lipinski definition) is 1. The molecule has 2 aromatic carbocycles. The minimum atomic E-state index is -0.285. The van der Waals surface area contributed by atoms with Gasteiger partial charge >= 0.3 is 5.63 Å². The van der Waals surface area contributed by atoms with Crippen LogP contribution in [0.4, 0.5) is 5.69 Å². The fourth-order valence-corrected chi connectivity index (χ4v) is 3.98. The number of para-hydroxylation sites is 1. The van der Waals surface area contributed by atoms with Crippen molar-refractivity contribution >= 4 is 17.4 Å². The summed E-state index contributed by atoms with van der Waals surface area (Å²) in [6.45, 7) is 1.98. The normalized spacial score (nSPS) is 16.0. The fourth-order valence-electron chi connectivity index (χ4n) is 2.86. The molecule has 4 heteroatoms.